The van der Waals surface area contributed by atoms with E-state index in [0.29, 0.717) is 29.7 Å². The van der Waals surface area contributed by atoms with Gasteiger partial charge in [-0.1, -0.05) is 29.3 Å². The largest absolute Gasteiger partial charge is 0.611 e. The topological polar surface area (TPSA) is 76.6 Å². The second kappa shape index (κ2) is 11.8. The van der Waals surface area contributed by atoms with Crippen LogP contribution in [0.25, 0.3) is 0 Å². The fourth-order valence-electron chi connectivity index (χ4n) is 4.44. The number of Topliss-reactive ketones (excluding diaryl/α,β-unsaturated/α-hetero) is 1. The van der Waals surface area contributed by atoms with Crippen LogP contribution in [0.2, 0.25) is 10.0 Å². The lowest BCUT2D eigenvalue weighted by atomic mass is 10.0. The van der Waals surface area contributed by atoms with Crippen molar-refractivity contribution < 1.29 is 27.3 Å². The van der Waals surface area contributed by atoms with Crippen molar-refractivity contribution in [3.63, 3.8) is 0 Å². The molecule has 1 aliphatic heterocycles. The highest BCUT2D eigenvalue weighted by atomic mass is 35.5. The zero-order valence-electron chi connectivity index (χ0n) is 20.9. The maximum atomic E-state index is 13.4. The molecule has 1 unspecified atom stereocenters. The van der Waals surface area contributed by atoms with Crippen LogP contribution in [0.1, 0.15) is 40.3 Å². The number of amides is 1. The number of ketones is 1. The number of hydrogen-bond acceptors (Lipinski definition) is 5. The van der Waals surface area contributed by atoms with E-state index < -0.39 is 34.6 Å². The summed E-state index contributed by atoms with van der Waals surface area (Å²) in [5.41, 5.74) is 0.0667. The van der Waals surface area contributed by atoms with Gasteiger partial charge in [0.15, 0.2) is 10.6 Å². The molecular formula is C27H24Cl2F3N3O3S. The van der Waals surface area contributed by atoms with Gasteiger partial charge in [-0.2, -0.15) is 13.2 Å². The Morgan fingerprint density at radius 3 is 2.36 bits per heavy atom. The molecule has 206 valence electrons. The molecule has 3 aromatic rings. The third kappa shape index (κ3) is 6.51. The van der Waals surface area contributed by atoms with E-state index in [1.165, 1.54) is 18.2 Å². The molecule has 0 aliphatic carbocycles. The van der Waals surface area contributed by atoms with E-state index in [0.717, 1.165) is 18.0 Å². The number of pyridine rings is 1. The molecule has 1 saturated heterocycles. The average molecular weight is 598 g/mol. The van der Waals surface area contributed by atoms with Crippen LogP contribution in [0.5, 0.6) is 0 Å². The first kappa shape index (κ1) is 29.2. The molecule has 6 nitrogen and oxygen atoms in total. The Labute approximate surface area is 236 Å². The SMILES string of the molecule is C[C@H]1[C@H](C)N(c2cccc(Cl)c2)CCN1C(=O)c1ccc([S+]([O-])CC(=O)c2ccc(C(F)(F)F)nc2)c(Cl)c1. The van der Waals surface area contributed by atoms with E-state index in [2.05, 4.69) is 9.88 Å². The molecule has 39 heavy (non-hydrogen) atoms. The molecule has 0 radical (unpaired) electrons. The minimum absolute atomic E-state index is 0.00844. The quantitative estimate of drug-likeness (QED) is 0.252. The number of carbonyl (C=O) groups is 2. The number of halogens is 5. The van der Waals surface area contributed by atoms with Crippen molar-refractivity contribution >= 4 is 51.8 Å². The predicted octanol–water partition coefficient (Wildman–Crippen LogP) is 6.14. The van der Waals surface area contributed by atoms with Crippen molar-refractivity contribution in [2.75, 3.05) is 23.7 Å². The van der Waals surface area contributed by atoms with Crippen molar-refractivity contribution in [2.24, 2.45) is 0 Å². The highest BCUT2D eigenvalue weighted by Gasteiger charge is 2.35. The molecule has 1 fully saturated rings. The van der Waals surface area contributed by atoms with E-state index >= 15 is 0 Å². The van der Waals surface area contributed by atoms with Crippen LogP contribution in [0.3, 0.4) is 0 Å². The molecule has 2 aromatic carbocycles. The van der Waals surface area contributed by atoms with Gasteiger partial charge in [-0.25, -0.2) is 0 Å². The Balaban J connectivity index is 1.43. The Hall–Kier alpha value is -2.79. The number of hydrogen-bond donors (Lipinski definition) is 0. The predicted molar refractivity (Wildman–Crippen MR) is 145 cm³/mol. The second-order valence-electron chi connectivity index (χ2n) is 9.14. The average Bonchev–Trinajstić information content (AvgIpc) is 2.89. The van der Waals surface area contributed by atoms with E-state index in [-0.39, 0.29) is 33.5 Å². The Morgan fingerprint density at radius 2 is 1.74 bits per heavy atom. The summed E-state index contributed by atoms with van der Waals surface area (Å²) in [5, 5.41) is 0.687. The van der Waals surface area contributed by atoms with Crippen LogP contribution < -0.4 is 4.90 Å². The van der Waals surface area contributed by atoms with Crippen LogP contribution >= 0.6 is 23.2 Å². The summed E-state index contributed by atoms with van der Waals surface area (Å²) in [6.07, 6.45) is -3.82. The molecule has 3 atom stereocenters. The van der Waals surface area contributed by atoms with Crippen molar-refractivity contribution in [1.82, 2.24) is 9.88 Å². The number of nitrogens with zero attached hydrogens (tertiary/aromatic N) is 3. The standard InChI is InChI=1S/C27H24Cl2F3N3O3S/c1-16-17(2)35(11-10-34(16)21-5-3-4-20(28)13-21)26(37)18-6-8-24(22(29)12-18)39(38)15-23(36)19-7-9-25(33-14-19)27(30,31)32/h3-9,12-14,16-17H,10-11,15H2,1-2H3/t16-,17-,39?/m0/s1. The van der Waals surface area contributed by atoms with Gasteiger partial charge in [-0.3, -0.25) is 14.6 Å². The zero-order chi connectivity index (χ0) is 28.5. The van der Waals surface area contributed by atoms with Crippen molar-refractivity contribution in [3.8, 4) is 0 Å². The van der Waals surface area contributed by atoms with Gasteiger partial charge < -0.3 is 14.4 Å². The first-order valence-electron chi connectivity index (χ1n) is 11.9. The lowest BCUT2D eigenvalue weighted by Gasteiger charge is -2.46. The molecule has 0 bridgehead atoms. The summed E-state index contributed by atoms with van der Waals surface area (Å²) in [4.78, 5) is 33.2. The summed E-state index contributed by atoms with van der Waals surface area (Å²) < 4.78 is 50.9. The van der Waals surface area contributed by atoms with E-state index in [1.807, 2.05) is 32.0 Å². The Morgan fingerprint density at radius 1 is 1.03 bits per heavy atom. The third-order valence-corrected chi connectivity index (χ3v) is 8.76. The van der Waals surface area contributed by atoms with Gasteiger partial charge in [0.1, 0.15) is 5.69 Å². The summed E-state index contributed by atoms with van der Waals surface area (Å²) in [6.45, 7) is 5.08. The van der Waals surface area contributed by atoms with Gasteiger partial charge in [-0.05, 0) is 73.6 Å². The summed E-state index contributed by atoms with van der Waals surface area (Å²) >= 11 is 10.6. The number of anilines is 1. The molecule has 1 aliphatic rings. The number of carbonyl (C=O) groups excluding carboxylic acids is 2. The molecule has 4 rings (SSSR count). The molecule has 0 saturated carbocycles. The summed E-state index contributed by atoms with van der Waals surface area (Å²) in [7, 11) is 0. The molecule has 1 amide bonds. The van der Waals surface area contributed by atoms with Gasteiger partial charge in [0.2, 0.25) is 5.78 Å². The molecule has 12 heteroatoms. The summed E-state index contributed by atoms with van der Waals surface area (Å²) in [5.74, 6) is -1.38. The van der Waals surface area contributed by atoms with Crippen LogP contribution in [-0.4, -0.2) is 57.1 Å². The number of benzene rings is 2. The van der Waals surface area contributed by atoms with Crippen molar-refractivity contribution in [2.45, 2.75) is 37.0 Å². The number of alkyl halides is 3. The van der Waals surface area contributed by atoms with Crippen LogP contribution in [0, 0.1) is 0 Å². The van der Waals surface area contributed by atoms with Crippen molar-refractivity contribution in [3.05, 3.63) is 87.7 Å². The second-order valence-corrected chi connectivity index (χ2v) is 11.4. The van der Waals surface area contributed by atoms with Crippen LogP contribution in [0.15, 0.2) is 65.7 Å². The smallest absolute Gasteiger partial charge is 0.433 e. The lowest BCUT2D eigenvalue weighted by Crippen LogP contribution is -2.59. The fraction of sp³-hybridized carbons (Fsp3) is 0.296. The minimum Gasteiger partial charge on any atom is -0.611 e. The third-order valence-electron chi connectivity index (χ3n) is 6.73. The molecule has 0 N–H and O–H groups in total. The maximum Gasteiger partial charge on any atom is 0.433 e. The number of aromatic nitrogens is 1. The first-order chi connectivity index (χ1) is 18.4. The lowest BCUT2D eigenvalue weighted by molar-refractivity contribution is -0.141. The van der Waals surface area contributed by atoms with Gasteiger partial charge in [-0.15, -0.1) is 0 Å². The monoisotopic (exact) mass is 597 g/mol. The number of rotatable bonds is 6. The molecule has 1 aromatic heterocycles. The van der Waals surface area contributed by atoms with Gasteiger partial charge in [0, 0.05) is 53.2 Å². The van der Waals surface area contributed by atoms with E-state index in [9.17, 15) is 27.3 Å². The summed E-state index contributed by atoms with van der Waals surface area (Å²) in [6, 6.07) is 13.5. The van der Waals surface area contributed by atoms with E-state index in [4.69, 9.17) is 23.2 Å². The zero-order valence-corrected chi connectivity index (χ0v) is 23.2. The van der Waals surface area contributed by atoms with Crippen LogP contribution in [0.4, 0.5) is 18.9 Å². The molecule has 2 heterocycles. The van der Waals surface area contributed by atoms with Gasteiger partial charge in [0.25, 0.3) is 5.91 Å². The minimum atomic E-state index is -4.63. The Bertz CT molecular complexity index is 1370. The number of piperazine rings is 1. The van der Waals surface area contributed by atoms with Crippen LogP contribution in [-0.2, 0) is 17.4 Å². The van der Waals surface area contributed by atoms with Gasteiger partial charge in [0.05, 0.1) is 5.02 Å². The molecule has 0 spiro atoms. The van der Waals surface area contributed by atoms with E-state index in [1.54, 1.807) is 11.0 Å². The van der Waals surface area contributed by atoms with Crippen molar-refractivity contribution in [1.29, 1.82) is 0 Å². The highest BCUT2D eigenvalue weighted by Crippen LogP contribution is 2.30. The first-order valence-corrected chi connectivity index (χ1v) is 14.0. The maximum absolute atomic E-state index is 13.4. The highest BCUT2D eigenvalue weighted by molar-refractivity contribution is 7.92. The fourth-order valence-corrected chi connectivity index (χ4v) is 6.12. The Kier molecular flexibility index (Phi) is 8.80. The normalized spacial score (nSPS) is 18.7. The molecular weight excluding hydrogens is 574 g/mol. The van der Waals surface area contributed by atoms with Gasteiger partial charge >= 0.3 is 6.18 Å².